The number of likely N-dealkylation sites (tertiary alicyclic amines) is 1. The van der Waals surface area contributed by atoms with Gasteiger partial charge in [0.15, 0.2) is 5.96 Å². The van der Waals surface area contributed by atoms with Crippen LogP contribution in [0.5, 0.6) is 0 Å². The second kappa shape index (κ2) is 9.39. The maximum Gasteiger partial charge on any atom is 0.193 e. The summed E-state index contributed by atoms with van der Waals surface area (Å²) in [7, 11) is 1.88. The van der Waals surface area contributed by atoms with Crippen molar-refractivity contribution in [3.05, 3.63) is 18.6 Å². The van der Waals surface area contributed by atoms with Crippen LogP contribution < -0.4 is 10.6 Å². The molecular weight excluding hydrogens is 415 g/mol. The topological polar surface area (TPSA) is 65.4 Å². The molecule has 0 radical (unpaired) electrons. The lowest BCUT2D eigenvalue weighted by Gasteiger charge is -2.33. The van der Waals surface area contributed by atoms with Gasteiger partial charge in [-0.05, 0) is 24.7 Å². The summed E-state index contributed by atoms with van der Waals surface area (Å²) in [5, 5.41) is 6.73. The molecule has 6 nitrogen and oxygen atoms in total. The first-order valence-electron chi connectivity index (χ1n) is 8.77. The van der Waals surface area contributed by atoms with Crippen molar-refractivity contribution >= 4 is 35.8 Å². The fraction of sp³-hybridized carbons (Fsp3) is 0.706. The van der Waals surface area contributed by atoms with E-state index >= 15 is 0 Å². The molecule has 3 rings (SSSR count). The lowest BCUT2D eigenvalue weighted by atomic mass is 9.73. The van der Waals surface area contributed by atoms with Crippen molar-refractivity contribution in [2.24, 2.45) is 10.4 Å². The molecule has 1 aromatic rings. The molecule has 1 aliphatic heterocycles. The number of anilines is 1. The van der Waals surface area contributed by atoms with Gasteiger partial charge in [0.05, 0.1) is 6.20 Å². The summed E-state index contributed by atoms with van der Waals surface area (Å²) in [4.78, 5) is 15.2. The Balaban J connectivity index is 0.00000208. The van der Waals surface area contributed by atoms with Crippen LogP contribution in [0, 0.1) is 5.41 Å². The van der Waals surface area contributed by atoms with Gasteiger partial charge in [0.25, 0.3) is 0 Å². The molecule has 0 aromatic carbocycles. The summed E-state index contributed by atoms with van der Waals surface area (Å²) in [6.45, 7) is 3.94. The van der Waals surface area contributed by atoms with E-state index < -0.39 is 0 Å². The molecular formula is C17H29IN6. The van der Waals surface area contributed by atoms with Crippen LogP contribution in [0.3, 0.4) is 0 Å². The first kappa shape index (κ1) is 19.2. The normalized spacial score (nSPS) is 19.9. The molecule has 1 aromatic heterocycles. The van der Waals surface area contributed by atoms with Crippen LogP contribution in [0.1, 0.15) is 38.5 Å². The van der Waals surface area contributed by atoms with Crippen molar-refractivity contribution in [1.29, 1.82) is 0 Å². The van der Waals surface area contributed by atoms with E-state index in [1.165, 1.54) is 45.1 Å². The minimum absolute atomic E-state index is 0. The second-order valence-electron chi connectivity index (χ2n) is 6.72. The van der Waals surface area contributed by atoms with Crippen LogP contribution in [0.2, 0.25) is 0 Å². The smallest absolute Gasteiger partial charge is 0.193 e. The number of nitrogens with one attached hydrogen (secondary N) is 2. The van der Waals surface area contributed by atoms with Crippen molar-refractivity contribution < 1.29 is 0 Å². The molecule has 2 aliphatic rings. The standard InChI is InChI=1S/C17H28N6.HI/c1-18-16(22-11-10-21-15-13-19-8-9-20-15)23-12-7-17(14-23)5-3-2-4-6-17;/h8-9,13H,2-7,10-12,14H2,1H3,(H,18,22)(H,20,21);1H. The van der Waals surface area contributed by atoms with Gasteiger partial charge < -0.3 is 15.5 Å². The predicted molar refractivity (Wildman–Crippen MR) is 109 cm³/mol. The fourth-order valence-corrected chi connectivity index (χ4v) is 3.91. The number of aliphatic imine (C=N–C) groups is 1. The maximum absolute atomic E-state index is 4.47. The molecule has 1 saturated heterocycles. The van der Waals surface area contributed by atoms with Crippen LogP contribution >= 0.6 is 24.0 Å². The van der Waals surface area contributed by atoms with Gasteiger partial charge in [-0.2, -0.15) is 0 Å². The molecule has 1 spiro atoms. The summed E-state index contributed by atoms with van der Waals surface area (Å²) < 4.78 is 0. The minimum Gasteiger partial charge on any atom is -0.367 e. The zero-order chi connectivity index (χ0) is 16.0. The van der Waals surface area contributed by atoms with E-state index in [0.717, 1.165) is 31.4 Å². The van der Waals surface area contributed by atoms with Gasteiger partial charge in [0.2, 0.25) is 0 Å². The highest BCUT2D eigenvalue weighted by Crippen LogP contribution is 2.43. The van der Waals surface area contributed by atoms with E-state index in [4.69, 9.17) is 0 Å². The van der Waals surface area contributed by atoms with Crippen molar-refractivity contribution in [3.8, 4) is 0 Å². The van der Waals surface area contributed by atoms with Gasteiger partial charge in [0.1, 0.15) is 5.82 Å². The Morgan fingerprint density at radius 3 is 2.75 bits per heavy atom. The van der Waals surface area contributed by atoms with Crippen molar-refractivity contribution in [2.75, 3.05) is 38.5 Å². The number of hydrogen-bond acceptors (Lipinski definition) is 4. The zero-order valence-corrected chi connectivity index (χ0v) is 16.8. The first-order valence-corrected chi connectivity index (χ1v) is 8.77. The molecule has 2 heterocycles. The molecule has 1 saturated carbocycles. The lowest BCUT2D eigenvalue weighted by molar-refractivity contribution is 0.203. The molecule has 1 aliphatic carbocycles. The van der Waals surface area contributed by atoms with Gasteiger partial charge in [-0.3, -0.25) is 9.98 Å². The van der Waals surface area contributed by atoms with Gasteiger partial charge in [-0.25, -0.2) is 4.98 Å². The third kappa shape index (κ3) is 4.94. The van der Waals surface area contributed by atoms with Crippen LogP contribution in [-0.4, -0.2) is 54.1 Å². The SMILES string of the molecule is CN=C(NCCNc1cnccn1)N1CCC2(CCCCC2)C1.I. The van der Waals surface area contributed by atoms with E-state index in [1.54, 1.807) is 18.6 Å². The zero-order valence-electron chi connectivity index (χ0n) is 14.5. The summed E-state index contributed by atoms with van der Waals surface area (Å²) in [6.07, 6.45) is 13.5. The van der Waals surface area contributed by atoms with Crippen LogP contribution in [-0.2, 0) is 0 Å². The summed E-state index contributed by atoms with van der Waals surface area (Å²) >= 11 is 0. The molecule has 134 valence electrons. The molecule has 0 amide bonds. The quantitative estimate of drug-likeness (QED) is 0.324. The number of nitrogens with zero attached hydrogens (tertiary/aromatic N) is 4. The van der Waals surface area contributed by atoms with E-state index in [-0.39, 0.29) is 24.0 Å². The molecule has 0 atom stereocenters. The van der Waals surface area contributed by atoms with E-state index in [2.05, 4.69) is 30.5 Å². The van der Waals surface area contributed by atoms with E-state index in [0.29, 0.717) is 5.41 Å². The third-order valence-electron chi connectivity index (χ3n) is 5.14. The minimum atomic E-state index is 0. The summed E-state index contributed by atoms with van der Waals surface area (Å²) in [5.74, 6) is 1.85. The number of halogens is 1. The van der Waals surface area contributed by atoms with E-state index in [1.807, 2.05) is 7.05 Å². The molecule has 0 bridgehead atoms. The highest BCUT2D eigenvalue weighted by Gasteiger charge is 2.39. The number of hydrogen-bond donors (Lipinski definition) is 2. The second-order valence-corrected chi connectivity index (χ2v) is 6.72. The monoisotopic (exact) mass is 444 g/mol. The van der Waals surface area contributed by atoms with Gasteiger partial charge in [0, 0.05) is 45.6 Å². The molecule has 24 heavy (non-hydrogen) atoms. The Bertz CT molecular complexity index is 515. The van der Waals surface area contributed by atoms with Gasteiger partial charge in [-0.1, -0.05) is 19.3 Å². The Labute approximate surface area is 162 Å². The first-order chi connectivity index (χ1) is 11.3. The number of guanidine groups is 1. The summed E-state index contributed by atoms with van der Waals surface area (Å²) in [6, 6.07) is 0. The predicted octanol–water partition coefficient (Wildman–Crippen LogP) is 2.74. The van der Waals surface area contributed by atoms with Crippen LogP contribution in [0.25, 0.3) is 0 Å². The average Bonchev–Trinajstić information content (AvgIpc) is 3.00. The average molecular weight is 444 g/mol. The molecule has 0 unspecified atom stereocenters. The molecule has 2 fully saturated rings. The van der Waals surface area contributed by atoms with Crippen LogP contribution in [0.4, 0.5) is 5.82 Å². The Morgan fingerprint density at radius 1 is 1.21 bits per heavy atom. The fourth-order valence-electron chi connectivity index (χ4n) is 3.91. The third-order valence-corrected chi connectivity index (χ3v) is 5.14. The van der Waals surface area contributed by atoms with Crippen molar-refractivity contribution in [2.45, 2.75) is 38.5 Å². The highest BCUT2D eigenvalue weighted by molar-refractivity contribution is 14.0. The van der Waals surface area contributed by atoms with Crippen molar-refractivity contribution in [3.63, 3.8) is 0 Å². The number of aromatic nitrogens is 2. The maximum atomic E-state index is 4.47. The van der Waals surface area contributed by atoms with Crippen molar-refractivity contribution in [1.82, 2.24) is 20.2 Å². The lowest BCUT2D eigenvalue weighted by Crippen LogP contribution is -2.43. The van der Waals surface area contributed by atoms with E-state index in [9.17, 15) is 0 Å². The Morgan fingerprint density at radius 2 is 2.04 bits per heavy atom. The molecule has 7 heteroatoms. The number of rotatable bonds is 4. The van der Waals surface area contributed by atoms with Gasteiger partial charge >= 0.3 is 0 Å². The summed E-state index contributed by atoms with van der Waals surface area (Å²) in [5.41, 5.74) is 0.563. The van der Waals surface area contributed by atoms with Crippen LogP contribution in [0.15, 0.2) is 23.6 Å². The Hall–Kier alpha value is -1.12. The molecule has 2 N–H and O–H groups in total. The Kier molecular flexibility index (Phi) is 7.51. The highest BCUT2D eigenvalue weighted by atomic mass is 127. The largest absolute Gasteiger partial charge is 0.367 e. The van der Waals surface area contributed by atoms with Gasteiger partial charge in [-0.15, -0.1) is 24.0 Å².